The van der Waals surface area contributed by atoms with Crippen LogP contribution in [0.3, 0.4) is 0 Å². The fraction of sp³-hybridized carbons (Fsp3) is 0.250. The van der Waals surface area contributed by atoms with Gasteiger partial charge in [-0.2, -0.15) is 0 Å². The Balaban J connectivity index is 2.16. The maximum atomic E-state index is 5.89. The Kier molecular flexibility index (Phi) is 4.42. The molecule has 0 bridgehead atoms. The van der Waals surface area contributed by atoms with E-state index in [0.717, 1.165) is 22.6 Å². The van der Waals surface area contributed by atoms with Gasteiger partial charge in [-0.25, -0.2) is 0 Å². The number of ether oxygens (including phenoxy) is 2. The van der Waals surface area contributed by atoms with Crippen LogP contribution in [-0.2, 0) is 6.61 Å². The zero-order chi connectivity index (χ0) is 13.7. The third-order valence-corrected chi connectivity index (χ3v) is 2.95. The highest BCUT2D eigenvalue weighted by atomic mass is 16.5. The van der Waals surface area contributed by atoms with Gasteiger partial charge in [0.05, 0.1) is 7.11 Å². The van der Waals surface area contributed by atoms with Gasteiger partial charge in [-0.1, -0.05) is 36.4 Å². The van der Waals surface area contributed by atoms with E-state index >= 15 is 0 Å². The lowest BCUT2D eigenvalue weighted by Gasteiger charge is -2.14. The second-order valence-corrected chi connectivity index (χ2v) is 4.47. The molecule has 0 aliphatic carbocycles. The molecule has 2 rings (SSSR count). The Hall–Kier alpha value is -2.00. The molecule has 0 amide bonds. The van der Waals surface area contributed by atoms with Crippen LogP contribution in [0.4, 0.5) is 0 Å². The van der Waals surface area contributed by atoms with Crippen LogP contribution in [0.15, 0.2) is 48.5 Å². The minimum Gasteiger partial charge on any atom is -0.493 e. The molecule has 0 saturated carbocycles. The highest BCUT2D eigenvalue weighted by Gasteiger charge is 2.08. The molecule has 0 saturated heterocycles. The van der Waals surface area contributed by atoms with Crippen molar-refractivity contribution in [1.29, 1.82) is 0 Å². The summed E-state index contributed by atoms with van der Waals surface area (Å²) < 4.78 is 11.1. The second-order valence-electron chi connectivity index (χ2n) is 4.47. The van der Waals surface area contributed by atoms with Gasteiger partial charge in [-0.3, -0.25) is 0 Å². The third-order valence-electron chi connectivity index (χ3n) is 2.95. The molecule has 19 heavy (non-hydrogen) atoms. The molecular weight excluding hydrogens is 238 g/mol. The summed E-state index contributed by atoms with van der Waals surface area (Å²) in [7, 11) is 1.64. The van der Waals surface area contributed by atoms with Crippen LogP contribution < -0.4 is 15.2 Å². The molecule has 3 nitrogen and oxygen atoms in total. The van der Waals surface area contributed by atoms with E-state index in [0.29, 0.717) is 6.61 Å². The summed E-state index contributed by atoms with van der Waals surface area (Å²) in [6.45, 7) is 2.46. The first kappa shape index (κ1) is 13.4. The molecule has 1 atom stereocenters. The zero-order valence-electron chi connectivity index (χ0n) is 11.3. The quantitative estimate of drug-likeness (QED) is 0.893. The van der Waals surface area contributed by atoms with Crippen molar-refractivity contribution in [1.82, 2.24) is 0 Å². The Morgan fingerprint density at radius 1 is 1.05 bits per heavy atom. The molecule has 0 spiro atoms. The van der Waals surface area contributed by atoms with Crippen LogP contribution in [0.5, 0.6) is 11.5 Å². The molecule has 2 aromatic carbocycles. The van der Waals surface area contributed by atoms with E-state index in [1.807, 2.05) is 55.5 Å². The summed E-state index contributed by atoms with van der Waals surface area (Å²) in [5.41, 5.74) is 8.04. The van der Waals surface area contributed by atoms with Crippen molar-refractivity contribution < 1.29 is 9.47 Å². The fourth-order valence-electron chi connectivity index (χ4n) is 1.82. The topological polar surface area (TPSA) is 44.5 Å². The largest absolute Gasteiger partial charge is 0.493 e. The number of benzene rings is 2. The van der Waals surface area contributed by atoms with Crippen molar-refractivity contribution in [2.75, 3.05) is 7.11 Å². The number of rotatable bonds is 5. The molecule has 0 heterocycles. The van der Waals surface area contributed by atoms with Crippen LogP contribution in [0.1, 0.15) is 24.1 Å². The summed E-state index contributed by atoms with van der Waals surface area (Å²) >= 11 is 0. The third kappa shape index (κ3) is 3.48. The normalized spacial score (nSPS) is 11.9. The van der Waals surface area contributed by atoms with Gasteiger partial charge in [0.15, 0.2) is 11.5 Å². The molecule has 0 aliphatic rings. The van der Waals surface area contributed by atoms with Gasteiger partial charge in [-0.05, 0) is 30.2 Å². The fourth-order valence-corrected chi connectivity index (χ4v) is 1.82. The summed E-state index contributed by atoms with van der Waals surface area (Å²) in [6.07, 6.45) is 0. The molecule has 2 aromatic rings. The smallest absolute Gasteiger partial charge is 0.161 e. The SMILES string of the molecule is COc1ccc([C@H](C)N)cc1OCc1ccccc1. The molecule has 2 N–H and O–H groups in total. The Morgan fingerprint density at radius 2 is 1.79 bits per heavy atom. The number of hydrogen-bond acceptors (Lipinski definition) is 3. The summed E-state index contributed by atoms with van der Waals surface area (Å²) in [5, 5.41) is 0. The van der Waals surface area contributed by atoms with Gasteiger partial charge in [0, 0.05) is 6.04 Å². The van der Waals surface area contributed by atoms with Gasteiger partial charge >= 0.3 is 0 Å². The maximum Gasteiger partial charge on any atom is 0.161 e. The highest BCUT2D eigenvalue weighted by Crippen LogP contribution is 2.30. The number of nitrogens with two attached hydrogens (primary N) is 1. The van der Waals surface area contributed by atoms with Crippen molar-refractivity contribution in [2.45, 2.75) is 19.6 Å². The second kappa shape index (κ2) is 6.25. The van der Waals surface area contributed by atoms with Crippen LogP contribution >= 0.6 is 0 Å². The van der Waals surface area contributed by atoms with Gasteiger partial charge in [0.2, 0.25) is 0 Å². The first-order chi connectivity index (χ1) is 9.20. The standard InChI is InChI=1S/C16H19NO2/c1-12(17)14-8-9-15(18-2)16(10-14)19-11-13-6-4-3-5-7-13/h3-10,12H,11,17H2,1-2H3/t12-/m0/s1. The highest BCUT2D eigenvalue weighted by molar-refractivity contribution is 5.43. The van der Waals surface area contributed by atoms with Crippen molar-refractivity contribution in [3.8, 4) is 11.5 Å². The van der Waals surface area contributed by atoms with Crippen LogP contribution in [0, 0.1) is 0 Å². The van der Waals surface area contributed by atoms with Crippen LogP contribution in [0.25, 0.3) is 0 Å². The van der Waals surface area contributed by atoms with E-state index in [1.165, 1.54) is 0 Å². The maximum absolute atomic E-state index is 5.89. The summed E-state index contributed by atoms with van der Waals surface area (Å²) in [5.74, 6) is 1.45. The van der Waals surface area contributed by atoms with E-state index in [4.69, 9.17) is 15.2 Å². The van der Waals surface area contributed by atoms with Gasteiger partial charge in [0.25, 0.3) is 0 Å². The number of methoxy groups -OCH3 is 1. The molecule has 3 heteroatoms. The minimum absolute atomic E-state index is 0.0232. The van der Waals surface area contributed by atoms with Gasteiger partial charge < -0.3 is 15.2 Å². The van der Waals surface area contributed by atoms with Crippen molar-refractivity contribution in [3.05, 3.63) is 59.7 Å². The lowest BCUT2D eigenvalue weighted by molar-refractivity contribution is 0.284. The minimum atomic E-state index is -0.0232. The molecule has 0 unspecified atom stereocenters. The molecule has 0 aliphatic heterocycles. The predicted molar refractivity (Wildman–Crippen MR) is 76.4 cm³/mol. The molecule has 100 valence electrons. The van der Waals surface area contributed by atoms with Crippen LogP contribution in [0.2, 0.25) is 0 Å². The van der Waals surface area contributed by atoms with Gasteiger partial charge in [0.1, 0.15) is 6.61 Å². The van der Waals surface area contributed by atoms with E-state index in [2.05, 4.69) is 0 Å². The molecule has 0 radical (unpaired) electrons. The summed E-state index contributed by atoms with van der Waals surface area (Å²) in [6, 6.07) is 15.8. The van der Waals surface area contributed by atoms with E-state index in [-0.39, 0.29) is 6.04 Å². The molecule has 0 aromatic heterocycles. The van der Waals surface area contributed by atoms with E-state index in [1.54, 1.807) is 7.11 Å². The average Bonchev–Trinajstić information content (AvgIpc) is 2.45. The first-order valence-electron chi connectivity index (χ1n) is 6.31. The van der Waals surface area contributed by atoms with Crippen molar-refractivity contribution >= 4 is 0 Å². The molecular formula is C16H19NO2. The Labute approximate surface area is 114 Å². The van der Waals surface area contributed by atoms with Crippen LogP contribution in [-0.4, -0.2) is 7.11 Å². The van der Waals surface area contributed by atoms with E-state index < -0.39 is 0 Å². The Morgan fingerprint density at radius 3 is 2.42 bits per heavy atom. The predicted octanol–water partition coefficient (Wildman–Crippen LogP) is 3.29. The monoisotopic (exact) mass is 257 g/mol. The van der Waals surface area contributed by atoms with Gasteiger partial charge in [-0.15, -0.1) is 0 Å². The van der Waals surface area contributed by atoms with Crippen molar-refractivity contribution in [2.24, 2.45) is 5.73 Å². The Bertz CT molecular complexity index is 524. The lowest BCUT2D eigenvalue weighted by atomic mass is 10.1. The molecule has 0 fully saturated rings. The first-order valence-corrected chi connectivity index (χ1v) is 6.31. The van der Waals surface area contributed by atoms with Crippen molar-refractivity contribution in [3.63, 3.8) is 0 Å². The van der Waals surface area contributed by atoms with E-state index in [9.17, 15) is 0 Å². The lowest BCUT2D eigenvalue weighted by Crippen LogP contribution is -2.06. The summed E-state index contributed by atoms with van der Waals surface area (Å²) in [4.78, 5) is 0. The average molecular weight is 257 g/mol. The zero-order valence-corrected chi connectivity index (χ0v) is 11.3. The number of hydrogen-bond donors (Lipinski definition) is 1.